The van der Waals surface area contributed by atoms with E-state index in [4.69, 9.17) is 0 Å². The summed E-state index contributed by atoms with van der Waals surface area (Å²) in [4.78, 5) is 0. The van der Waals surface area contributed by atoms with Crippen molar-refractivity contribution >= 4 is 45.2 Å². The third-order valence-corrected chi connectivity index (χ3v) is 11.5. The number of halogens is 2. The van der Waals surface area contributed by atoms with Gasteiger partial charge in [0.2, 0.25) is 0 Å². The molecular weight excluding hydrogens is 578 g/mol. The van der Waals surface area contributed by atoms with Crippen LogP contribution in [0.4, 0.5) is 0 Å². The summed E-state index contributed by atoms with van der Waals surface area (Å²) in [6, 6.07) is 0. The summed E-state index contributed by atoms with van der Waals surface area (Å²) < 4.78 is 2.71. The third-order valence-electron chi connectivity index (χ3n) is 10.4. The Morgan fingerprint density at radius 1 is 0.862 bits per heavy atom. The van der Waals surface area contributed by atoms with Crippen molar-refractivity contribution in [3.05, 3.63) is 0 Å². The topological polar surface area (TPSA) is 0 Å². The van der Waals surface area contributed by atoms with Crippen LogP contribution < -0.4 is 0 Å². The Morgan fingerprint density at radius 3 is 2.28 bits per heavy atom. The van der Waals surface area contributed by atoms with E-state index in [1.54, 1.807) is 12.8 Å². The van der Waals surface area contributed by atoms with Gasteiger partial charge in [-0.15, -0.1) is 0 Å². The van der Waals surface area contributed by atoms with Crippen LogP contribution in [-0.4, -0.2) is 8.86 Å². The minimum absolute atomic E-state index is 0.623. The first-order valence-electron chi connectivity index (χ1n) is 12.9. The fourth-order valence-corrected chi connectivity index (χ4v) is 10.7. The number of hydrogen-bond acceptors (Lipinski definition) is 0. The third kappa shape index (κ3) is 5.03. The van der Waals surface area contributed by atoms with Crippen molar-refractivity contribution in [2.45, 2.75) is 105 Å². The fourth-order valence-electron chi connectivity index (χ4n) is 8.76. The molecule has 8 atom stereocenters. The van der Waals surface area contributed by atoms with Crippen molar-refractivity contribution in [1.82, 2.24) is 0 Å². The van der Waals surface area contributed by atoms with Crippen molar-refractivity contribution in [2.75, 3.05) is 8.86 Å². The Kier molecular flexibility index (Phi) is 9.17. The van der Waals surface area contributed by atoms with Gasteiger partial charge in [-0.25, -0.2) is 0 Å². The normalized spacial score (nSPS) is 43.2. The highest BCUT2D eigenvalue weighted by Gasteiger charge is 2.59. The Morgan fingerprint density at radius 2 is 1.62 bits per heavy atom. The molecule has 3 aliphatic carbocycles. The van der Waals surface area contributed by atoms with Crippen LogP contribution in [0.25, 0.3) is 0 Å². The molecule has 0 aromatic heterocycles. The van der Waals surface area contributed by atoms with Crippen LogP contribution in [0.2, 0.25) is 0 Å². The molecule has 0 saturated heterocycles. The molecule has 170 valence electrons. The number of alkyl halides is 2. The van der Waals surface area contributed by atoms with Gasteiger partial charge in [-0.2, -0.15) is 0 Å². The molecular formula is C27H48I2. The first kappa shape index (κ1) is 25.1. The number of fused-ring (bicyclic) bond motifs is 3. The van der Waals surface area contributed by atoms with Crippen molar-refractivity contribution in [3.8, 4) is 0 Å². The van der Waals surface area contributed by atoms with Crippen LogP contribution in [0.5, 0.6) is 0 Å². The average Bonchev–Trinajstić information content (AvgIpc) is 3.01. The first-order chi connectivity index (χ1) is 13.8. The zero-order valence-corrected chi connectivity index (χ0v) is 24.3. The highest BCUT2D eigenvalue weighted by molar-refractivity contribution is 14.1. The summed E-state index contributed by atoms with van der Waals surface area (Å²) in [7, 11) is 0. The van der Waals surface area contributed by atoms with Crippen LogP contribution in [0, 0.1) is 52.3 Å². The zero-order valence-electron chi connectivity index (χ0n) is 20.0. The molecule has 0 nitrogen and oxygen atoms in total. The molecule has 0 spiro atoms. The van der Waals surface area contributed by atoms with Gasteiger partial charge >= 0.3 is 0 Å². The predicted octanol–water partition coefficient (Wildman–Crippen LogP) is 9.57. The van der Waals surface area contributed by atoms with E-state index in [0.717, 1.165) is 41.4 Å². The van der Waals surface area contributed by atoms with Crippen LogP contribution in [-0.2, 0) is 0 Å². The standard InChI is InChI=1S/C27H48I2/c1-19(2)7-6-8-20(3)23-11-12-24-22-10-9-21(14-17-28)26(4,16-18-29)25(22)13-15-27(23,24)5/h19-25H,6-18H2,1-5H3/t20-,21+,22+,23+,24-,25-,26+,27-/m1/s1. The molecule has 0 bridgehead atoms. The zero-order chi connectivity index (χ0) is 21.2. The van der Waals surface area contributed by atoms with Gasteiger partial charge in [0.15, 0.2) is 0 Å². The lowest BCUT2D eigenvalue weighted by molar-refractivity contribution is -0.101. The highest BCUT2D eigenvalue weighted by Crippen LogP contribution is 2.67. The lowest BCUT2D eigenvalue weighted by Gasteiger charge is -2.59. The van der Waals surface area contributed by atoms with Gasteiger partial charge in [-0.3, -0.25) is 0 Å². The second-order valence-corrected chi connectivity index (χ2v) is 14.3. The molecule has 0 unspecified atom stereocenters. The monoisotopic (exact) mass is 626 g/mol. The van der Waals surface area contributed by atoms with E-state index in [1.807, 2.05) is 0 Å². The molecule has 29 heavy (non-hydrogen) atoms. The second-order valence-electron chi connectivity index (χ2n) is 12.1. The van der Waals surface area contributed by atoms with Gasteiger partial charge in [-0.1, -0.05) is 99.1 Å². The van der Waals surface area contributed by atoms with Crippen molar-refractivity contribution in [1.29, 1.82) is 0 Å². The van der Waals surface area contributed by atoms with E-state index in [2.05, 4.69) is 79.8 Å². The molecule has 0 amide bonds. The second kappa shape index (κ2) is 10.6. The fraction of sp³-hybridized carbons (Fsp3) is 1.00. The van der Waals surface area contributed by atoms with E-state index >= 15 is 0 Å². The molecule has 0 aromatic rings. The van der Waals surface area contributed by atoms with Crippen molar-refractivity contribution < 1.29 is 0 Å². The highest BCUT2D eigenvalue weighted by atomic mass is 127. The van der Waals surface area contributed by atoms with Crippen LogP contribution >= 0.6 is 45.2 Å². The summed E-state index contributed by atoms with van der Waals surface area (Å²) >= 11 is 5.29. The summed E-state index contributed by atoms with van der Waals surface area (Å²) in [5.74, 6) is 6.91. The molecule has 0 radical (unpaired) electrons. The summed E-state index contributed by atoms with van der Waals surface area (Å²) in [6.45, 7) is 12.9. The van der Waals surface area contributed by atoms with Crippen LogP contribution in [0.15, 0.2) is 0 Å². The number of hydrogen-bond donors (Lipinski definition) is 0. The van der Waals surface area contributed by atoms with E-state index in [9.17, 15) is 0 Å². The maximum Gasteiger partial charge on any atom is 0.0000661 e. The van der Waals surface area contributed by atoms with Gasteiger partial charge in [0.25, 0.3) is 0 Å². The SMILES string of the molecule is CC(C)CCC[C@@H](C)[C@@H]1CC[C@@H]2[C@@H]3CC[C@@H](CCI)[C@](C)(CCI)[C@@H]3CC[C@@]21C. The molecule has 3 saturated carbocycles. The molecule has 3 fully saturated rings. The van der Waals surface area contributed by atoms with E-state index in [-0.39, 0.29) is 0 Å². The lowest BCUT2D eigenvalue weighted by Crippen LogP contribution is -2.52. The predicted molar refractivity (Wildman–Crippen MR) is 146 cm³/mol. The Balaban J connectivity index is 1.73. The van der Waals surface area contributed by atoms with Gasteiger partial charge < -0.3 is 0 Å². The van der Waals surface area contributed by atoms with E-state index in [1.165, 1.54) is 66.6 Å². The van der Waals surface area contributed by atoms with Crippen molar-refractivity contribution in [3.63, 3.8) is 0 Å². The van der Waals surface area contributed by atoms with Crippen LogP contribution in [0.1, 0.15) is 105 Å². The summed E-state index contributed by atoms with van der Waals surface area (Å²) in [5.41, 5.74) is 1.28. The smallest absolute Gasteiger partial charge is 0.0000661 e. The van der Waals surface area contributed by atoms with Crippen LogP contribution in [0.3, 0.4) is 0 Å². The van der Waals surface area contributed by atoms with Gasteiger partial charge in [0, 0.05) is 4.43 Å². The summed E-state index contributed by atoms with van der Waals surface area (Å²) in [5, 5.41) is 0. The quantitative estimate of drug-likeness (QED) is 0.177. The Bertz CT molecular complexity index is 517. The van der Waals surface area contributed by atoms with E-state index in [0.29, 0.717) is 10.8 Å². The largest absolute Gasteiger partial charge is 0.0864 e. The lowest BCUT2D eigenvalue weighted by atomic mass is 9.46. The first-order valence-corrected chi connectivity index (χ1v) is 15.9. The average molecular weight is 626 g/mol. The van der Waals surface area contributed by atoms with E-state index < -0.39 is 0 Å². The molecule has 0 heterocycles. The molecule has 0 aromatic carbocycles. The van der Waals surface area contributed by atoms with Gasteiger partial charge in [0.05, 0.1) is 0 Å². The van der Waals surface area contributed by atoms with Gasteiger partial charge in [0.1, 0.15) is 0 Å². The Labute approximate surface area is 210 Å². The molecule has 0 aliphatic heterocycles. The molecule has 3 aliphatic rings. The minimum Gasteiger partial charge on any atom is -0.0864 e. The summed E-state index contributed by atoms with van der Waals surface area (Å²) in [6.07, 6.45) is 16.5. The molecule has 2 heteroatoms. The van der Waals surface area contributed by atoms with Gasteiger partial charge in [-0.05, 0) is 108 Å². The maximum atomic E-state index is 2.75. The minimum atomic E-state index is 0.623. The maximum absolute atomic E-state index is 2.75. The number of rotatable bonds is 9. The molecule has 3 rings (SSSR count). The molecule has 0 N–H and O–H groups in total. The Hall–Kier alpha value is 1.46. The van der Waals surface area contributed by atoms with Crippen molar-refractivity contribution in [2.24, 2.45) is 52.3 Å².